The summed E-state index contributed by atoms with van der Waals surface area (Å²) in [5.74, 6) is 0. The highest BCUT2D eigenvalue weighted by atomic mass is 32.2. The molecule has 0 atom stereocenters. The first kappa shape index (κ1) is 20.7. The van der Waals surface area contributed by atoms with Gasteiger partial charge in [-0.05, 0) is 19.8 Å². The molecule has 0 aromatic rings. The Balaban J connectivity index is 4.39. The van der Waals surface area contributed by atoms with Gasteiger partial charge in [-0.1, -0.05) is 84.6 Å². The summed E-state index contributed by atoms with van der Waals surface area (Å²) in [4.78, 5) is 0. The van der Waals surface area contributed by atoms with Gasteiger partial charge in [0.2, 0.25) is 0 Å². The van der Waals surface area contributed by atoms with Crippen LogP contribution in [0.5, 0.6) is 0 Å². The molecule has 0 spiro atoms. The summed E-state index contributed by atoms with van der Waals surface area (Å²) in [6, 6.07) is 0. The molecule has 126 valence electrons. The van der Waals surface area contributed by atoms with Gasteiger partial charge in [-0.3, -0.25) is 0 Å². The SMILES string of the molecule is C=CS(=O)(=O)C(C)(CCCCCCC)CCCCCCC. The average Bonchev–Trinajstić information content (AvgIpc) is 2.46. The fraction of sp³-hybridized carbons (Fsp3) is 0.889. The molecule has 0 aliphatic rings. The summed E-state index contributed by atoms with van der Waals surface area (Å²) in [5.41, 5.74) is 0. The van der Waals surface area contributed by atoms with Crippen molar-refractivity contribution < 1.29 is 8.42 Å². The van der Waals surface area contributed by atoms with Gasteiger partial charge >= 0.3 is 0 Å². The maximum absolute atomic E-state index is 12.3. The first-order valence-electron chi connectivity index (χ1n) is 8.80. The van der Waals surface area contributed by atoms with Crippen LogP contribution in [0, 0.1) is 0 Å². The van der Waals surface area contributed by atoms with E-state index < -0.39 is 14.6 Å². The van der Waals surface area contributed by atoms with E-state index in [2.05, 4.69) is 20.4 Å². The van der Waals surface area contributed by atoms with Crippen LogP contribution in [-0.4, -0.2) is 13.2 Å². The molecule has 0 aromatic heterocycles. The van der Waals surface area contributed by atoms with Gasteiger partial charge < -0.3 is 0 Å². The van der Waals surface area contributed by atoms with Crippen molar-refractivity contribution >= 4 is 9.84 Å². The Hall–Kier alpha value is -0.310. The highest BCUT2D eigenvalue weighted by Gasteiger charge is 2.35. The fourth-order valence-corrected chi connectivity index (χ4v) is 4.08. The third kappa shape index (κ3) is 8.04. The minimum atomic E-state index is -3.18. The van der Waals surface area contributed by atoms with Crippen molar-refractivity contribution in [1.82, 2.24) is 0 Å². The maximum atomic E-state index is 12.3. The first-order chi connectivity index (χ1) is 9.93. The second kappa shape index (κ2) is 11.3. The molecule has 0 heterocycles. The van der Waals surface area contributed by atoms with Gasteiger partial charge in [0.25, 0.3) is 0 Å². The lowest BCUT2D eigenvalue weighted by Crippen LogP contribution is -2.34. The monoisotopic (exact) mass is 316 g/mol. The Labute approximate surface area is 133 Å². The Kier molecular flexibility index (Phi) is 11.1. The molecule has 0 amide bonds. The molecule has 0 saturated heterocycles. The van der Waals surface area contributed by atoms with Crippen LogP contribution in [0.1, 0.15) is 97.8 Å². The van der Waals surface area contributed by atoms with Crippen LogP contribution in [0.4, 0.5) is 0 Å². The smallest absolute Gasteiger partial charge is 0.176 e. The van der Waals surface area contributed by atoms with Crippen molar-refractivity contribution in [3.05, 3.63) is 12.0 Å². The molecule has 0 unspecified atom stereocenters. The summed E-state index contributed by atoms with van der Waals surface area (Å²) < 4.78 is 24.1. The van der Waals surface area contributed by atoms with E-state index in [4.69, 9.17) is 0 Å². The Morgan fingerprint density at radius 2 is 1.19 bits per heavy atom. The predicted octanol–water partition coefficient (Wildman–Crippen LogP) is 6.02. The van der Waals surface area contributed by atoms with Crippen molar-refractivity contribution in [2.45, 2.75) is 103 Å². The second-order valence-corrected chi connectivity index (χ2v) is 8.90. The zero-order valence-corrected chi connectivity index (χ0v) is 15.3. The lowest BCUT2D eigenvalue weighted by Gasteiger charge is -2.28. The van der Waals surface area contributed by atoms with Crippen molar-refractivity contribution in [2.75, 3.05) is 0 Å². The molecule has 0 aliphatic carbocycles. The number of rotatable bonds is 14. The summed E-state index contributed by atoms with van der Waals surface area (Å²) in [7, 11) is -3.18. The molecule has 21 heavy (non-hydrogen) atoms. The van der Waals surface area contributed by atoms with Gasteiger partial charge in [-0.2, -0.15) is 0 Å². The topological polar surface area (TPSA) is 34.1 Å². The van der Waals surface area contributed by atoms with Crippen molar-refractivity contribution in [2.24, 2.45) is 0 Å². The molecule has 2 nitrogen and oxygen atoms in total. The van der Waals surface area contributed by atoms with E-state index in [1.165, 1.54) is 43.9 Å². The van der Waals surface area contributed by atoms with Crippen LogP contribution in [0.25, 0.3) is 0 Å². The minimum absolute atomic E-state index is 0.604. The number of hydrogen-bond acceptors (Lipinski definition) is 2. The van der Waals surface area contributed by atoms with E-state index in [9.17, 15) is 8.42 Å². The molecule has 0 bridgehead atoms. The van der Waals surface area contributed by atoms with Gasteiger partial charge in [0.1, 0.15) is 0 Å². The predicted molar refractivity (Wildman–Crippen MR) is 94.3 cm³/mol. The van der Waals surface area contributed by atoms with Gasteiger partial charge in [0.05, 0.1) is 4.75 Å². The average molecular weight is 317 g/mol. The molecule has 0 N–H and O–H groups in total. The minimum Gasteiger partial charge on any atom is -0.224 e. The number of sulfone groups is 1. The molecule has 3 heteroatoms. The fourth-order valence-electron chi connectivity index (χ4n) is 2.82. The van der Waals surface area contributed by atoms with Gasteiger partial charge in [-0.15, -0.1) is 0 Å². The molecule has 0 saturated carbocycles. The van der Waals surface area contributed by atoms with Gasteiger partial charge in [0.15, 0.2) is 9.84 Å². The molecule has 0 radical (unpaired) electrons. The highest BCUT2D eigenvalue weighted by molar-refractivity contribution is 7.95. The first-order valence-corrected chi connectivity index (χ1v) is 10.3. The van der Waals surface area contributed by atoms with Crippen LogP contribution >= 0.6 is 0 Å². The highest BCUT2D eigenvalue weighted by Crippen LogP contribution is 2.32. The van der Waals surface area contributed by atoms with E-state index >= 15 is 0 Å². The van der Waals surface area contributed by atoms with Crippen LogP contribution in [-0.2, 0) is 9.84 Å². The third-order valence-electron chi connectivity index (χ3n) is 4.52. The van der Waals surface area contributed by atoms with Crippen LogP contribution in [0.3, 0.4) is 0 Å². The van der Waals surface area contributed by atoms with Crippen LogP contribution in [0.15, 0.2) is 12.0 Å². The van der Waals surface area contributed by atoms with E-state index in [-0.39, 0.29) is 0 Å². The summed E-state index contributed by atoms with van der Waals surface area (Å²) >= 11 is 0. The van der Waals surface area contributed by atoms with Crippen molar-refractivity contribution in [1.29, 1.82) is 0 Å². The van der Waals surface area contributed by atoms with Crippen LogP contribution in [0.2, 0.25) is 0 Å². The van der Waals surface area contributed by atoms with Crippen molar-refractivity contribution in [3.8, 4) is 0 Å². The summed E-state index contributed by atoms with van der Waals surface area (Å²) in [5, 5.41) is 1.17. The Bertz CT molecular complexity index is 343. The zero-order chi connectivity index (χ0) is 16.2. The molecule has 0 rings (SSSR count). The molecular weight excluding hydrogens is 280 g/mol. The summed E-state index contributed by atoms with van der Waals surface area (Å²) in [6.07, 6.45) is 13.3. The van der Waals surface area contributed by atoms with Gasteiger partial charge in [0, 0.05) is 5.41 Å². The lowest BCUT2D eigenvalue weighted by molar-refractivity contribution is 0.439. The Morgan fingerprint density at radius 3 is 1.52 bits per heavy atom. The lowest BCUT2D eigenvalue weighted by atomic mass is 9.95. The Morgan fingerprint density at radius 1 is 0.810 bits per heavy atom. The van der Waals surface area contributed by atoms with Crippen molar-refractivity contribution in [3.63, 3.8) is 0 Å². The van der Waals surface area contributed by atoms with E-state index in [0.29, 0.717) is 0 Å². The second-order valence-electron chi connectivity index (χ2n) is 6.49. The molecule has 0 fully saturated rings. The number of hydrogen-bond donors (Lipinski definition) is 0. The molecule has 0 aliphatic heterocycles. The van der Waals surface area contributed by atoms with E-state index in [1.54, 1.807) is 0 Å². The number of unbranched alkanes of at least 4 members (excludes halogenated alkanes) is 8. The quantitative estimate of drug-likeness (QED) is 0.367. The standard InChI is InChI=1S/C18H36O2S/c1-5-8-10-12-14-16-18(4,21(19,20)7-3)17-15-13-11-9-6-2/h7H,3,5-6,8-17H2,1-2,4H3. The van der Waals surface area contributed by atoms with Crippen LogP contribution < -0.4 is 0 Å². The van der Waals surface area contributed by atoms with E-state index in [0.717, 1.165) is 38.5 Å². The molecule has 0 aromatic carbocycles. The molecular formula is C18H36O2S. The normalized spacial score (nSPS) is 12.5. The van der Waals surface area contributed by atoms with E-state index in [1.807, 2.05) is 6.92 Å². The summed E-state index contributed by atoms with van der Waals surface area (Å²) in [6.45, 7) is 9.84. The van der Waals surface area contributed by atoms with Gasteiger partial charge in [-0.25, -0.2) is 8.42 Å². The largest absolute Gasteiger partial charge is 0.224 e. The third-order valence-corrected chi connectivity index (χ3v) is 6.75. The zero-order valence-electron chi connectivity index (χ0n) is 14.5. The maximum Gasteiger partial charge on any atom is 0.176 e.